The van der Waals surface area contributed by atoms with Crippen LogP contribution in [0.4, 0.5) is 18.9 Å². The molecule has 30 heavy (non-hydrogen) atoms. The molecule has 0 spiro atoms. The largest absolute Gasteiger partial charge is 0.432 e. The van der Waals surface area contributed by atoms with Gasteiger partial charge in [-0.15, -0.1) is 11.3 Å². The zero-order valence-corrected chi connectivity index (χ0v) is 17.6. The van der Waals surface area contributed by atoms with E-state index in [1.54, 1.807) is 6.92 Å². The molecule has 1 fully saturated rings. The van der Waals surface area contributed by atoms with Crippen LogP contribution < -0.4 is 4.90 Å². The Hall–Kier alpha value is -2.37. The molecule has 160 valence electrons. The molecule has 0 bridgehead atoms. The van der Waals surface area contributed by atoms with E-state index >= 15 is 0 Å². The Balaban J connectivity index is 1.53. The van der Waals surface area contributed by atoms with Gasteiger partial charge in [-0.3, -0.25) is 5.10 Å². The summed E-state index contributed by atoms with van der Waals surface area (Å²) in [7, 11) is -3.75. The number of piperazine rings is 1. The van der Waals surface area contributed by atoms with Crippen LogP contribution in [0.5, 0.6) is 0 Å². The molecule has 3 heterocycles. The van der Waals surface area contributed by atoms with E-state index in [1.165, 1.54) is 10.4 Å². The molecule has 1 aliphatic rings. The minimum atomic E-state index is -4.54. The lowest BCUT2D eigenvalue weighted by Crippen LogP contribution is -2.48. The molecular weight excluding hydrogens is 437 g/mol. The van der Waals surface area contributed by atoms with Crippen molar-refractivity contribution in [2.45, 2.75) is 18.0 Å². The van der Waals surface area contributed by atoms with Crippen molar-refractivity contribution < 1.29 is 21.6 Å². The first-order valence-corrected chi connectivity index (χ1v) is 11.5. The summed E-state index contributed by atoms with van der Waals surface area (Å²) in [5.74, 6) is 0. The van der Waals surface area contributed by atoms with Gasteiger partial charge in [0.25, 0.3) is 0 Å². The maximum Gasteiger partial charge on any atom is 0.432 e. The van der Waals surface area contributed by atoms with Crippen LogP contribution >= 0.6 is 11.3 Å². The van der Waals surface area contributed by atoms with Crippen molar-refractivity contribution in [3.8, 4) is 10.6 Å². The Morgan fingerprint density at radius 2 is 1.73 bits per heavy atom. The molecule has 0 unspecified atom stereocenters. The maximum absolute atomic E-state index is 13.2. The fraction of sp³-hybridized carbons (Fsp3) is 0.316. The number of para-hydroxylation sites is 1. The number of nitrogens with one attached hydrogen (secondary N) is 1. The van der Waals surface area contributed by atoms with Gasteiger partial charge in [-0.2, -0.15) is 22.6 Å². The molecule has 0 amide bonds. The van der Waals surface area contributed by atoms with Crippen LogP contribution in [0.3, 0.4) is 0 Å². The van der Waals surface area contributed by atoms with Crippen molar-refractivity contribution in [2.75, 3.05) is 31.1 Å². The van der Waals surface area contributed by atoms with Gasteiger partial charge < -0.3 is 4.90 Å². The van der Waals surface area contributed by atoms with Crippen LogP contribution in [0.1, 0.15) is 10.6 Å². The average molecular weight is 457 g/mol. The quantitative estimate of drug-likeness (QED) is 0.645. The molecule has 1 aromatic carbocycles. The van der Waals surface area contributed by atoms with Gasteiger partial charge in [-0.25, -0.2) is 8.42 Å². The molecule has 0 aliphatic carbocycles. The lowest BCUT2D eigenvalue weighted by Gasteiger charge is -2.35. The molecule has 1 N–H and O–H groups in total. The normalized spacial score (nSPS) is 16.2. The first-order chi connectivity index (χ1) is 14.2. The van der Waals surface area contributed by atoms with E-state index in [-0.39, 0.29) is 10.6 Å². The number of aromatic amines is 1. The molecule has 1 aliphatic heterocycles. The van der Waals surface area contributed by atoms with Crippen LogP contribution in [-0.2, 0) is 16.2 Å². The molecule has 11 heteroatoms. The Bertz CT molecular complexity index is 1130. The number of thiophene rings is 1. The van der Waals surface area contributed by atoms with Gasteiger partial charge in [-0.1, -0.05) is 18.2 Å². The summed E-state index contributed by atoms with van der Waals surface area (Å²) in [6, 6.07) is 12.1. The number of alkyl halides is 3. The monoisotopic (exact) mass is 456 g/mol. The number of aromatic nitrogens is 2. The minimum Gasteiger partial charge on any atom is -0.369 e. The number of hydrogen-bond donors (Lipinski definition) is 1. The van der Waals surface area contributed by atoms with Crippen LogP contribution in [0.25, 0.3) is 10.6 Å². The first-order valence-electron chi connectivity index (χ1n) is 9.20. The number of nitrogens with zero attached hydrogens (tertiary/aromatic N) is 3. The fourth-order valence-corrected chi connectivity index (χ4v) is 6.35. The highest BCUT2D eigenvalue weighted by Gasteiger charge is 2.34. The van der Waals surface area contributed by atoms with Gasteiger partial charge in [-0.05, 0) is 31.2 Å². The van der Waals surface area contributed by atoms with E-state index in [1.807, 2.05) is 35.4 Å². The third-order valence-electron chi connectivity index (χ3n) is 4.99. The summed E-state index contributed by atoms with van der Waals surface area (Å²) in [6.45, 7) is 3.45. The molecule has 0 saturated carbocycles. The highest BCUT2D eigenvalue weighted by atomic mass is 32.2. The third kappa shape index (κ3) is 3.96. The average Bonchev–Trinajstić information content (AvgIpc) is 3.36. The molecule has 1 saturated heterocycles. The molecule has 4 rings (SSSR count). The summed E-state index contributed by atoms with van der Waals surface area (Å²) in [5, 5.41) is 5.66. The highest BCUT2D eigenvalue weighted by molar-refractivity contribution is 7.89. The Kier molecular flexibility index (Phi) is 5.37. The van der Waals surface area contributed by atoms with Gasteiger partial charge in [0.15, 0.2) is 0 Å². The fourth-order valence-electron chi connectivity index (χ4n) is 3.41. The lowest BCUT2D eigenvalue weighted by molar-refractivity contribution is -0.141. The number of anilines is 1. The van der Waals surface area contributed by atoms with Crippen molar-refractivity contribution in [2.24, 2.45) is 0 Å². The number of hydrogen-bond acceptors (Lipinski definition) is 5. The zero-order chi connectivity index (χ0) is 21.5. The smallest absolute Gasteiger partial charge is 0.369 e. The second-order valence-corrected chi connectivity index (χ2v) is 10.1. The molecule has 0 radical (unpaired) electrons. The van der Waals surface area contributed by atoms with Gasteiger partial charge >= 0.3 is 6.18 Å². The van der Waals surface area contributed by atoms with E-state index in [2.05, 4.69) is 10.00 Å². The lowest BCUT2D eigenvalue weighted by atomic mass is 10.2. The van der Waals surface area contributed by atoms with Crippen molar-refractivity contribution in [1.29, 1.82) is 0 Å². The maximum atomic E-state index is 13.2. The standard InChI is InChI=1S/C19H19F3N4O2S2/c1-13-17(12-16(29-13)15-11-18(24-23-15)19(20,21)22)30(27,28)26-9-7-25(8-10-26)14-5-3-2-4-6-14/h2-6,11-12H,7-10H2,1H3,(H,23,24). The van der Waals surface area contributed by atoms with Crippen LogP contribution in [-0.4, -0.2) is 49.1 Å². The summed E-state index contributed by atoms with van der Waals surface area (Å²) >= 11 is 1.11. The van der Waals surface area contributed by atoms with Crippen LogP contribution in [0, 0.1) is 6.92 Å². The van der Waals surface area contributed by atoms with Gasteiger partial charge in [0.05, 0.1) is 9.77 Å². The first kappa shape index (κ1) is 20.9. The van der Waals surface area contributed by atoms with Crippen molar-refractivity contribution >= 4 is 27.0 Å². The number of sulfonamides is 1. The van der Waals surface area contributed by atoms with Gasteiger partial charge in [0.2, 0.25) is 10.0 Å². The second-order valence-electron chi connectivity index (χ2n) is 6.92. The van der Waals surface area contributed by atoms with Crippen molar-refractivity contribution in [3.05, 3.63) is 53.0 Å². The molecule has 0 atom stereocenters. The predicted molar refractivity (Wildman–Crippen MR) is 109 cm³/mol. The molecule has 3 aromatic rings. The Labute approximate surface area is 176 Å². The van der Waals surface area contributed by atoms with Crippen LogP contribution in [0.15, 0.2) is 47.4 Å². The number of aryl methyl sites for hydroxylation is 1. The van der Waals surface area contributed by atoms with E-state index in [4.69, 9.17) is 0 Å². The van der Waals surface area contributed by atoms with E-state index < -0.39 is 21.9 Å². The van der Waals surface area contributed by atoms with Gasteiger partial charge in [0.1, 0.15) is 11.4 Å². The number of halogens is 3. The Morgan fingerprint density at radius 1 is 1.07 bits per heavy atom. The minimum absolute atomic E-state index is 0.0748. The predicted octanol–water partition coefficient (Wildman–Crippen LogP) is 3.98. The third-order valence-corrected chi connectivity index (χ3v) is 8.21. The zero-order valence-electron chi connectivity index (χ0n) is 16.0. The topological polar surface area (TPSA) is 69.3 Å². The number of rotatable bonds is 4. The number of H-pyrrole nitrogens is 1. The molecule has 2 aromatic heterocycles. The Morgan fingerprint density at radius 3 is 2.33 bits per heavy atom. The summed E-state index contributed by atoms with van der Waals surface area (Å²) in [5.41, 5.74) is 0.151. The number of benzene rings is 1. The highest BCUT2D eigenvalue weighted by Crippen LogP contribution is 2.36. The molecule has 6 nitrogen and oxygen atoms in total. The molecular formula is C19H19F3N4O2S2. The second kappa shape index (κ2) is 7.71. The van der Waals surface area contributed by atoms with Crippen molar-refractivity contribution in [1.82, 2.24) is 14.5 Å². The van der Waals surface area contributed by atoms with Crippen molar-refractivity contribution in [3.63, 3.8) is 0 Å². The van der Waals surface area contributed by atoms with Gasteiger partial charge in [0, 0.05) is 36.7 Å². The van der Waals surface area contributed by atoms with E-state index in [0.717, 1.165) is 23.1 Å². The van der Waals surface area contributed by atoms with E-state index in [0.29, 0.717) is 35.9 Å². The summed E-state index contributed by atoms with van der Waals surface area (Å²) in [4.78, 5) is 3.14. The van der Waals surface area contributed by atoms with E-state index in [9.17, 15) is 21.6 Å². The SMILES string of the molecule is Cc1sc(-c2cc(C(F)(F)F)[nH]n2)cc1S(=O)(=O)N1CCN(c2ccccc2)CC1. The van der Waals surface area contributed by atoms with Crippen LogP contribution in [0.2, 0.25) is 0 Å². The summed E-state index contributed by atoms with van der Waals surface area (Å²) in [6.07, 6.45) is -4.54. The summed E-state index contributed by atoms with van der Waals surface area (Å²) < 4.78 is 66.2.